The first-order valence-corrected chi connectivity index (χ1v) is 14.3. The average Bonchev–Trinajstić information content (AvgIpc) is 3.44. The Bertz CT molecular complexity index is 1400. The van der Waals surface area contributed by atoms with E-state index >= 15 is 0 Å². The SMILES string of the molecule is C[C@@](N)(c1cccc(Br)c1)c1csc(C(=O)c2cncnc2NC2C[C@H](COS(N)(=O)=O)[C@@H](O)C2O)c1. The molecule has 1 aliphatic carbocycles. The highest BCUT2D eigenvalue weighted by Gasteiger charge is 2.42. The number of halogens is 1. The van der Waals surface area contributed by atoms with E-state index in [4.69, 9.17) is 10.9 Å². The van der Waals surface area contributed by atoms with Crippen molar-refractivity contribution in [1.29, 1.82) is 0 Å². The van der Waals surface area contributed by atoms with E-state index < -0.39 is 46.6 Å². The lowest BCUT2D eigenvalue weighted by molar-refractivity contribution is 0.00778. The second kappa shape index (κ2) is 10.8. The molecule has 1 aliphatic rings. The van der Waals surface area contributed by atoms with Crippen LogP contribution in [0.15, 0.2) is 52.7 Å². The van der Waals surface area contributed by atoms with Crippen molar-refractivity contribution >= 4 is 49.2 Å². The standard InChI is InChI=1S/C23H26BrN5O6S2/c1-23(25,13-3-2-4-15(24)6-13)14-7-18(36-10-14)20(31)16-8-27-11-28-22(16)29-17-5-12(19(30)21(17)32)9-35-37(26,33)34/h2-4,6-8,10-12,17,19,21,30,32H,5,9,25H2,1H3,(H2,26,33,34)(H,27,28,29)/t12-,17?,19-,21?,23-/m1/s1. The molecule has 4 rings (SSSR count). The number of aliphatic hydroxyl groups excluding tert-OH is 2. The summed E-state index contributed by atoms with van der Waals surface area (Å²) in [6.45, 7) is 1.48. The highest BCUT2D eigenvalue weighted by molar-refractivity contribution is 9.10. The number of nitrogens with two attached hydrogens (primary N) is 2. The van der Waals surface area contributed by atoms with E-state index in [0.717, 1.165) is 15.6 Å². The molecule has 1 fully saturated rings. The van der Waals surface area contributed by atoms with Gasteiger partial charge in [0.05, 0.1) is 34.7 Å². The molecule has 0 aliphatic heterocycles. The molecule has 0 radical (unpaired) electrons. The Morgan fingerprint density at radius 1 is 1.30 bits per heavy atom. The van der Waals surface area contributed by atoms with Crippen LogP contribution in [0.4, 0.5) is 5.82 Å². The van der Waals surface area contributed by atoms with Crippen molar-refractivity contribution in [3.8, 4) is 0 Å². The lowest BCUT2D eigenvalue weighted by atomic mass is 9.87. The summed E-state index contributed by atoms with van der Waals surface area (Å²) in [6.07, 6.45) is 0.245. The maximum Gasteiger partial charge on any atom is 0.333 e. The van der Waals surface area contributed by atoms with Crippen molar-refractivity contribution in [2.45, 2.75) is 37.1 Å². The minimum Gasteiger partial charge on any atom is -0.390 e. The number of rotatable bonds is 9. The van der Waals surface area contributed by atoms with E-state index in [1.807, 2.05) is 36.6 Å². The highest BCUT2D eigenvalue weighted by Crippen LogP contribution is 2.34. The predicted molar refractivity (Wildman–Crippen MR) is 141 cm³/mol. The number of carbonyl (C=O) groups is 1. The fraction of sp³-hybridized carbons (Fsp3) is 0.348. The molecule has 5 atom stereocenters. The molecule has 0 amide bonds. The van der Waals surface area contributed by atoms with Gasteiger partial charge in [-0.1, -0.05) is 28.1 Å². The number of hydrogen-bond donors (Lipinski definition) is 5. The van der Waals surface area contributed by atoms with Gasteiger partial charge in [-0.3, -0.25) is 8.98 Å². The Hall–Kier alpha value is -2.30. The Balaban J connectivity index is 1.53. The van der Waals surface area contributed by atoms with Crippen molar-refractivity contribution in [3.05, 3.63) is 74.3 Å². The summed E-state index contributed by atoms with van der Waals surface area (Å²) in [4.78, 5) is 22.0. The molecule has 1 aromatic carbocycles. The smallest absolute Gasteiger partial charge is 0.333 e. The summed E-state index contributed by atoms with van der Waals surface area (Å²) in [5, 5.41) is 30.5. The van der Waals surface area contributed by atoms with Crippen LogP contribution in [-0.2, 0) is 20.0 Å². The largest absolute Gasteiger partial charge is 0.390 e. The molecule has 37 heavy (non-hydrogen) atoms. The third kappa shape index (κ3) is 6.23. The number of nitrogens with zero attached hydrogens (tertiary/aromatic N) is 2. The zero-order valence-corrected chi connectivity index (χ0v) is 22.8. The zero-order chi connectivity index (χ0) is 27.0. The minimum absolute atomic E-state index is 0.150. The average molecular weight is 613 g/mol. The van der Waals surface area contributed by atoms with Crippen LogP contribution in [0, 0.1) is 5.92 Å². The molecule has 2 unspecified atom stereocenters. The van der Waals surface area contributed by atoms with Crippen molar-refractivity contribution in [2.24, 2.45) is 16.8 Å². The quantitative estimate of drug-likeness (QED) is 0.221. The maximum absolute atomic E-state index is 13.4. The van der Waals surface area contributed by atoms with E-state index in [1.165, 1.54) is 23.9 Å². The van der Waals surface area contributed by atoms with Crippen LogP contribution in [0.5, 0.6) is 0 Å². The second-order valence-corrected chi connectivity index (χ2v) is 12.1. The molecule has 198 valence electrons. The van der Waals surface area contributed by atoms with Gasteiger partial charge in [-0.15, -0.1) is 11.3 Å². The van der Waals surface area contributed by atoms with E-state index in [0.29, 0.717) is 4.88 Å². The molecule has 0 bridgehead atoms. The predicted octanol–water partition coefficient (Wildman–Crippen LogP) is 1.50. The summed E-state index contributed by atoms with van der Waals surface area (Å²) in [7, 11) is -4.19. The van der Waals surface area contributed by atoms with Crippen LogP contribution in [0.1, 0.15) is 39.7 Å². The number of benzene rings is 1. The number of anilines is 1. The second-order valence-electron chi connectivity index (χ2n) is 9.03. The van der Waals surface area contributed by atoms with Crippen molar-refractivity contribution in [1.82, 2.24) is 9.97 Å². The summed E-state index contributed by atoms with van der Waals surface area (Å²) in [5.74, 6) is -0.875. The zero-order valence-electron chi connectivity index (χ0n) is 19.6. The van der Waals surface area contributed by atoms with Crippen LogP contribution >= 0.6 is 27.3 Å². The van der Waals surface area contributed by atoms with E-state index in [-0.39, 0.29) is 23.6 Å². The van der Waals surface area contributed by atoms with Crippen molar-refractivity contribution < 1.29 is 27.6 Å². The van der Waals surface area contributed by atoms with Gasteiger partial charge in [0.15, 0.2) is 0 Å². The first-order chi connectivity index (χ1) is 17.4. The summed E-state index contributed by atoms with van der Waals surface area (Å²) in [6, 6.07) is 8.64. The van der Waals surface area contributed by atoms with E-state index in [2.05, 4.69) is 35.4 Å². The molecular formula is C23H26BrN5O6S2. The molecule has 14 heteroatoms. The van der Waals surface area contributed by atoms with Crippen LogP contribution < -0.4 is 16.2 Å². The van der Waals surface area contributed by atoms with Gasteiger partial charge in [0.25, 0.3) is 0 Å². The molecule has 3 aromatic rings. The number of aliphatic hydroxyl groups is 2. The highest BCUT2D eigenvalue weighted by atomic mass is 79.9. The maximum atomic E-state index is 13.4. The number of thiophene rings is 1. The van der Waals surface area contributed by atoms with Crippen LogP contribution in [0.3, 0.4) is 0 Å². The fourth-order valence-corrected chi connectivity index (χ4v) is 5.98. The lowest BCUT2D eigenvalue weighted by Crippen LogP contribution is -2.36. The normalized spacial score (nSPS) is 23.5. The summed E-state index contributed by atoms with van der Waals surface area (Å²) < 4.78 is 27.7. The molecule has 11 nitrogen and oxygen atoms in total. The van der Waals surface area contributed by atoms with Crippen molar-refractivity contribution in [2.75, 3.05) is 11.9 Å². The first kappa shape index (κ1) is 27.7. The van der Waals surface area contributed by atoms with Crippen LogP contribution in [0.2, 0.25) is 0 Å². The van der Waals surface area contributed by atoms with Gasteiger partial charge in [-0.05, 0) is 48.1 Å². The third-order valence-electron chi connectivity index (χ3n) is 6.37. The minimum atomic E-state index is -4.19. The molecule has 0 spiro atoms. The van der Waals surface area contributed by atoms with Crippen LogP contribution in [-0.4, -0.2) is 59.2 Å². The van der Waals surface area contributed by atoms with Gasteiger partial charge in [0.1, 0.15) is 18.2 Å². The Labute approximate surface area is 226 Å². The van der Waals surface area contributed by atoms with Gasteiger partial charge in [0.2, 0.25) is 5.78 Å². The molecule has 0 saturated heterocycles. The molecular weight excluding hydrogens is 586 g/mol. The van der Waals surface area contributed by atoms with Crippen LogP contribution in [0.25, 0.3) is 0 Å². The number of ketones is 1. The van der Waals surface area contributed by atoms with Crippen molar-refractivity contribution in [3.63, 3.8) is 0 Å². The van der Waals surface area contributed by atoms with Gasteiger partial charge >= 0.3 is 10.3 Å². The van der Waals surface area contributed by atoms with E-state index in [9.17, 15) is 23.4 Å². The monoisotopic (exact) mass is 611 g/mol. The van der Waals surface area contributed by atoms with Gasteiger partial charge in [-0.25, -0.2) is 15.1 Å². The first-order valence-electron chi connectivity index (χ1n) is 11.2. The molecule has 2 aromatic heterocycles. The van der Waals surface area contributed by atoms with Gasteiger partial charge in [0, 0.05) is 16.6 Å². The number of nitrogens with one attached hydrogen (secondary N) is 1. The van der Waals surface area contributed by atoms with Gasteiger partial charge < -0.3 is 21.3 Å². The Morgan fingerprint density at radius 2 is 2.05 bits per heavy atom. The summed E-state index contributed by atoms with van der Waals surface area (Å²) in [5.41, 5.74) is 7.61. The van der Waals surface area contributed by atoms with Gasteiger partial charge in [-0.2, -0.15) is 8.42 Å². The lowest BCUT2D eigenvalue weighted by Gasteiger charge is -2.24. The third-order valence-corrected chi connectivity index (χ3v) is 8.26. The molecule has 1 saturated carbocycles. The fourth-order valence-electron chi connectivity index (χ4n) is 4.24. The number of hydrogen-bond acceptors (Lipinski definition) is 11. The Morgan fingerprint density at radius 3 is 2.76 bits per heavy atom. The van der Waals surface area contributed by atoms with E-state index in [1.54, 1.807) is 6.07 Å². The molecule has 7 N–H and O–H groups in total. The number of aromatic nitrogens is 2. The molecule has 2 heterocycles. The number of carbonyl (C=O) groups excluding carboxylic acids is 1. The Kier molecular flexibility index (Phi) is 8.11. The topological polar surface area (TPSA) is 191 Å². The summed E-state index contributed by atoms with van der Waals surface area (Å²) >= 11 is 4.70.